The van der Waals surface area contributed by atoms with Gasteiger partial charge in [-0.2, -0.15) is 0 Å². The Morgan fingerprint density at radius 1 is 0.903 bits per heavy atom. The van der Waals surface area contributed by atoms with Crippen LogP contribution in [0.15, 0.2) is 88.1 Å². The summed E-state index contributed by atoms with van der Waals surface area (Å²) in [5, 5.41) is 0.412. The predicted octanol–water partition coefficient (Wildman–Crippen LogP) is 6.07. The molecule has 3 aromatic carbocycles. The normalized spacial score (nSPS) is 11.2. The number of aldehydes is 1. The Morgan fingerprint density at radius 3 is 2.32 bits per heavy atom. The molecule has 4 rings (SSSR count). The van der Waals surface area contributed by atoms with Crippen molar-refractivity contribution in [2.75, 3.05) is 11.4 Å². The van der Waals surface area contributed by atoms with Gasteiger partial charge in [0.05, 0.1) is 5.39 Å². The molecular formula is C27H23NO3. The second-order valence-electron chi connectivity index (χ2n) is 7.53. The highest BCUT2D eigenvalue weighted by molar-refractivity contribution is 5.91. The third-order valence-corrected chi connectivity index (χ3v) is 5.17. The number of hydrogen-bond acceptors (Lipinski definition) is 4. The Morgan fingerprint density at radius 2 is 1.61 bits per heavy atom. The molecule has 154 valence electrons. The first-order valence-corrected chi connectivity index (χ1v) is 10.2. The molecule has 0 atom stereocenters. The van der Waals surface area contributed by atoms with E-state index in [1.165, 1.54) is 0 Å². The second kappa shape index (κ2) is 8.84. The van der Waals surface area contributed by atoms with Crippen LogP contribution in [0.5, 0.6) is 0 Å². The van der Waals surface area contributed by atoms with Crippen LogP contribution in [0, 0.1) is 13.8 Å². The summed E-state index contributed by atoms with van der Waals surface area (Å²) >= 11 is 0. The standard InChI is InChI=1S/C27H23NO3/c1-19-10-13-22(14-11-19)28(16-6-9-21-7-4-3-5-8-21)27-24(18-29)26(30)23-17-20(2)12-15-25(23)31-27/h3-15,17-18H,16H2,1-2H3/b9-6+. The highest BCUT2D eigenvalue weighted by Gasteiger charge is 2.20. The first-order chi connectivity index (χ1) is 15.1. The molecule has 0 saturated carbocycles. The number of carbonyl (C=O) groups is 1. The van der Waals surface area contributed by atoms with Crippen LogP contribution in [0.1, 0.15) is 27.0 Å². The fourth-order valence-corrected chi connectivity index (χ4v) is 3.50. The maximum Gasteiger partial charge on any atom is 0.215 e. The van der Waals surface area contributed by atoms with E-state index in [-0.39, 0.29) is 16.9 Å². The van der Waals surface area contributed by atoms with Crippen molar-refractivity contribution in [1.82, 2.24) is 0 Å². The van der Waals surface area contributed by atoms with Crippen molar-refractivity contribution in [1.29, 1.82) is 0 Å². The molecule has 0 radical (unpaired) electrons. The van der Waals surface area contributed by atoms with Crippen LogP contribution in [0.4, 0.5) is 11.6 Å². The summed E-state index contributed by atoms with van der Waals surface area (Å²) in [6.07, 6.45) is 4.58. The minimum absolute atomic E-state index is 0.0202. The summed E-state index contributed by atoms with van der Waals surface area (Å²) in [6.45, 7) is 4.35. The van der Waals surface area contributed by atoms with E-state index in [9.17, 15) is 9.59 Å². The molecule has 0 spiro atoms. The van der Waals surface area contributed by atoms with Crippen molar-refractivity contribution in [3.63, 3.8) is 0 Å². The Balaban J connectivity index is 1.84. The molecule has 0 bridgehead atoms. The summed E-state index contributed by atoms with van der Waals surface area (Å²) in [4.78, 5) is 26.9. The average molecular weight is 409 g/mol. The smallest absolute Gasteiger partial charge is 0.215 e. The monoisotopic (exact) mass is 409 g/mol. The molecule has 0 aliphatic heterocycles. The van der Waals surface area contributed by atoms with Crippen LogP contribution in [-0.2, 0) is 0 Å². The summed E-state index contributed by atoms with van der Waals surface area (Å²) in [7, 11) is 0. The number of benzene rings is 3. The maximum absolute atomic E-state index is 13.1. The van der Waals surface area contributed by atoms with Gasteiger partial charge in [0.25, 0.3) is 0 Å². The molecule has 0 aliphatic rings. The van der Waals surface area contributed by atoms with Gasteiger partial charge < -0.3 is 9.32 Å². The Labute approximate surface area is 181 Å². The summed E-state index contributed by atoms with van der Waals surface area (Å²) in [5.41, 5.74) is 4.12. The lowest BCUT2D eigenvalue weighted by Crippen LogP contribution is -2.22. The number of carbonyl (C=O) groups excluding carboxylic acids is 1. The van der Waals surface area contributed by atoms with Gasteiger partial charge in [-0.15, -0.1) is 0 Å². The molecular weight excluding hydrogens is 386 g/mol. The molecule has 4 nitrogen and oxygen atoms in total. The number of aryl methyl sites for hydroxylation is 2. The number of nitrogens with zero attached hydrogens (tertiary/aromatic N) is 1. The van der Waals surface area contributed by atoms with Gasteiger partial charge in [-0.3, -0.25) is 9.59 Å². The van der Waals surface area contributed by atoms with E-state index in [1.807, 2.05) is 91.6 Å². The molecule has 0 amide bonds. The topological polar surface area (TPSA) is 50.5 Å². The van der Waals surface area contributed by atoms with Crippen LogP contribution < -0.4 is 10.3 Å². The first-order valence-electron chi connectivity index (χ1n) is 10.2. The van der Waals surface area contributed by atoms with E-state index in [1.54, 1.807) is 12.1 Å². The quantitative estimate of drug-likeness (QED) is 0.363. The first kappa shape index (κ1) is 20.4. The fraction of sp³-hybridized carbons (Fsp3) is 0.111. The minimum atomic E-state index is -0.320. The number of rotatable bonds is 6. The van der Waals surface area contributed by atoms with Crippen molar-refractivity contribution >= 4 is 34.9 Å². The number of anilines is 2. The van der Waals surface area contributed by atoms with Gasteiger partial charge in [0.15, 0.2) is 6.29 Å². The maximum atomic E-state index is 13.1. The van der Waals surface area contributed by atoms with Gasteiger partial charge in [0, 0.05) is 12.2 Å². The molecule has 0 aliphatic carbocycles. The van der Waals surface area contributed by atoms with Crippen molar-refractivity contribution in [2.24, 2.45) is 0 Å². The van der Waals surface area contributed by atoms with E-state index in [0.717, 1.165) is 22.4 Å². The fourth-order valence-electron chi connectivity index (χ4n) is 3.50. The SMILES string of the molecule is Cc1ccc(N(C/C=C/c2ccccc2)c2oc3ccc(C)cc3c(=O)c2C=O)cc1. The predicted molar refractivity (Wildman–Crippen MR) is 126 cm³/mol. The Kier molecular flexibility index (Phi) is 5.80. The lowest BCUT2D eigenvalue weighted by atomic mass is 10.1. The third-order valence-electron chi connectivity index (χ3n) is 5.17. The zero-order chi connectivity index (χ0) is 21.8. The van der Waals surface area contributed by atoms with Gasteiger partial charge in [-0.05, 0) is 43.7 Å². The highest BCUT2D eigenvalue weighted by atomic mass is 16.4. The zero-order valence-electron chi connectivity index (χ0n) is 17.5. The van der Waals surface area contributed by atoms with Gasteiger partial charge in [-0.25, -0.2) is 0 Å². The second-order valence-corrected chi connectivity index (χ2v) is 7.53. The van der Waals surface area contributed by atoms with E-state index in [0.29, 0.717) is 23.8 Å². The van der Waals surface area contributed by atoms with Crippen LogP contribution in [0.2, 0.25) is 0 Å². The molecule has 0 unspecified atom stereocenters. The molecule has 0 fully saturated rings. The average Bonchev–Trinajstić information content (AvgIpc) is 2.79. The summed E-state index contributed by atoms with van der Waals surface area (Å²) in [6, 6.07) is 23.3. The lowest BCUT2D eigenvalue weighted by molar-refractivity contribution is 0.112. The molecule has 4 heteroatoms. The van der Waals surface area contributed by atoms with E-state index in [4.69, 9.17) is 4.42 Å². The third kappa shape index (κ3) is 4.33. The van der Waals surface area contributed by atoms with Gasteiger partial charge in [0.2, 0.25) is 11.3 Å². The van der Waals surface area contributed by atoms with Crippen LogP contribution >= 0.6 is 0 Å². The molecule has 1 heterocycles. The highest BCUT2D eigenvalue weighted by Crippen LogP contribution is 2.30. The van der Waals surface area contributed by atoms with Gasteiger partial charge >= 0.3 is 0 Å². The van der Waals surface area contributed by atoms with Crippen molar-refractivity contribution in [3.8, 4) is 0 Å². The molecule has 1 aromatic heterocycles. The van der Waals surface area contributed by atoms with Crippen LogP contribution in [-0.4, -0.2) is 12.8 Å². The Bertz CT molecular complexity index is 1300. The van der Waals surface area contributed by atoms with Crippen molar-refractivity contribution < 1.29 is 9.21 Å². The Hall–Kier alpha value is -3.92. The number of fused-ring (bicyclic) bond motifs is 1. The van der Waals surface area contributed by atoms with E-state index >= 15 is 0 Å². The minimum Gasteiger partial charge on any atom is -0.439 e. The molecule has 0 N–H and O–H groups in total. The molecule has 31 heavy (non-hydrogen) atoms. The van der Waals surface area contributed by atoms with E-state index in [2.05, 4.69) is 0 Å². The summed E-state index contributed by atoms with van der Waals surface area (Å²) < 4.78 is 6.13. The van der Waals surface area contributed by atoms with Crippen molar-refractivity contribution in [3.05, 3.63) is 111 Å². The molecule has 0 saturated heterocycles. The zero-order valence-corrected chi connectivity index (χ0v) is 17.5. The van der Waals surface area contributed by atoms with Gasteiger partial charge in [0.1, 0.15) is 11.1 Å². The van der Waals surface area contributed by atoms with E-state index < -0.39 is 0 Å². The van der Waals surface area contributed by atoms with Crippen LogP contribution in [0.25, 0.3) is 17.0 Å². The lowest BCUT2D eigenvalue weighted by Gasteiger charge is -2.23. The number of hydrogen-bond donors (Lipinski definition) is 0. The van der Waals surface area contributed by atoms with Crippen molar-refractivity contribution in [2.45, 2.75) is 13.8 Å². The van der Waals surface area contributed by atoms with Crippen LogP contribution in [0.3, 0.4) is 0 Å². The largest absolute Gasteiger partial charge is 0.439 e. The summed E-state index contributed by atoms with van der Waals surface area (Å²) in [5.74, 6) is 0.248. The molecule has 4 aromatic rings. The van der Waals surface area contributed by atoms with Gasteiger partial charge in [-0.1, -0.05) is 71.8 Å².